The summed E-state index contributed by atoms with van der Waals surface area (Å²) in [6.45, 7) is 0.653. The molecule has 7 heteroatoms. The highest BCUT2D eigenvalue weighted by atomic mass is 16.5. The van der Waals surface area contributed by atoms with E-state index in [0.717, 1.165) is 5.56 Å². The van der Waals surface area contributed by atoms with Crippen LogP contribution in [0.2, 0.25) is 0 Å². The standard InChI is InChI=1S/C22H29N3O4/c1-24(2)15-19(16-9-7-6-8-10-16)25(3)22(27)14-21(26)23-18-12-11-17(28-4)13-20(18)29-5/h6-13,19H,14-15H2,1-5H3,(H,23,26). The zero-order chi connectivity index (χ0) is 21.4. The van der Waals surface area contributed by atoms with Crippen LogP contribution in [0.5, 0.6) is 11.5 Å². The molecule has 0 aliphatic carbocycles. The van der Waals surface area contributed by atoms with Gasteiger partial charge in [0, 0.05) is 19.7 Å². The lowest BCUT2D eigenvalue weighted by molar-refractivity contribution is -0.135. The second-order valence-electron chi connectivity index (χ2n) is 6.98. The molecular weight excluding hydrogens is 370 g/mol. The number of carbonyl (C=O) groups is 2. The van der Waals surface area contributed by atoms with E-state index in [4.69, 9.17) is 9.47 Å². The Kier molecular flexibility index (Phi) is 8.03. The molecule has 2 rings (SSSR count). The van der Waals surface area contributed by atoms with Crippen molar-refractivity contribution in [1.29, 1.82) is 0 Å². The van der Waals surface area contributed by atoms with Gasteiger partial charge in [-0.25, -0.2) is 0 Å². The molecule has 0 saturated heterocycles. The summed E-state index contributed by atoms with van der Waals surface area (Å²) in [7, 11) is 8.70. The van der Waals surface area contributed by atoms with Gasteiger partial charge in [-0.1, -0.05) is 30.3 Å². The maximum absolute atomic E-state index is 12.8. The second-order valence-corrected chi connectivity index (χ2v) is 6.98. The Labute approximate surface area is 172 Å². The SMILES string of the molecule is COc1ccc(NC(=O)CC(=O)N(C)C(CN(C)C)c2ccccc2)c(OC)c1. The van der Waals surface area contributed by atoms with Crippen molar-refractivity contribution < 1.29 is 19.1 Å². The van der Waals surface area contributed by atoms with Crippen LogP contribution in [0.3, 0.4) is 0 Å². The molecular formula is C22H29N3O4. The smallest absolute Gasteiger partial charge is 0.233 e. The second kappa shape index (κ2) is 10.5. The molecule has 156 valence electrons. The summed E-state index contributed by atoms with van der Waals surface area (Å²) in [6.07, 6.45) is -0.261. The van der Waals surface area contributed by atoms with Crippen LogP contribution in [0.15, 0.2) is 48.5 Å². The van der Waals surface area contributed by atoms with E-state index in [1.54, 1.807) is 37.3 Å². The lowest BCUT2D eigenvalue weighted by Crippen LogP contribution is -2.38. The molecule has 0 heterocycles. The van der Waals surface area contributed by atoms with Gasteiger partial charge in [-0.3, -0.25) is 9.59 Å². The number of nitrogens with zero attached hydrogens (tertiary/aromatic N) is 2. The highest BCUT2D eigenvalue weighted by molar-refractivity contribution is 6.04. The summed E-state index contributed by atoms with van der Waals surface area (Å²) in [6, 6.07) is 14.7. The monoisotopic (exact) mass is 399 g/mol. The number of hydrogen-bond acceptors (Lipinski definition) is 5. The predicted octanol–water partition coefficient (Wildman–Crippen LogP) is 2.79. The van der Waals surface area contributed by atoms with Gasteiger partial charge < -0.3 is 24.6 Å². The van der Waals surface area contributed by atoms with Crippen LogP contribution < -0.4 is 14.8 Å². The number of hydrogen-bond donors (Lipinski definition) is 1. The molecule has 0 saturated carbocycles. The fraction of sp³-hybridized carbons (Fsp3) is 0.364. The third-order valence-electron chi connectivity index (χ3n) is 4.58. The third-order valence-corrected chi connectivity index (χ3v) is 4.58. The number of carbonyl (C=O) groups excluding carboxylic acids is 2. The number of likely N-dealkylation sites (N-methyl/N-ethyl adjacent to an activating group) is 2. The van der Waals surface area contributed by atoms with Crippen molar-refractivity contribution in [2.24, 2.45) is 0 Å². The maximum atomic E-state index is 12.8. The molecule has 0 spiro atoms. The molecule has 0 aliphatic heterocycles. The fourth-order valence-corrected chi connectivity index (χ4v) is 3.00. The van der Waals surface area contributed by atoms with Crippen molar-refractivity contribution >= 4 is 17.5 Å². The van der Waals surface area contributed by atoms with Gasteiger partial charge in [0.2, 0.25) is 11.8 Å². The minimum atomic E-state index is -0.401. The highest BCUT2D eigenvalue weighted by Gasteiger charge is 2.24. The topological polar surface area (TPSA) is 71.1 Å². The number of rotatable bonds is 9. The number of nitrogens with one attached hydrogen (secondary N) is 1. The van der Waals surface area contributed by atoms with E-state index in [9.17, 15) is 9.59 Å². The molecule has 0 aliphatic rings. The lowest BCUT2D eigenvalue weighted by atomic mass is 10.0. The van der Waals surface area contributed by atoms with Crippen LogP contribution >= 0.6 is 0 Å². The summed E-state index contributed by atoms with van der Waals surface area (Å²) in [5.41, 5.74) is 1.51. The molecule has 7 nitrogen and oxygen atoms in total. The Balaban J connectivity index is 2.08. The predicted molar refractivity (Wildman–Crippen MR) is 113 cm³/mol. The van der Waals surface area contributed by atoms with Gasteiger partial charge in [0.25, 0.3) is 0 Å². The molecule has 0 aromatic heterocycles. The molecule has 1 atom stereocenters. The molecule has 1 unspecified atom stereocenters. The average molecular weight is 399 g/mol. The lowest BCUT2D eigenvalue weighted by Gasteiger charge is -2.31. The molecule has 0 bridgehead atoms. The number of ether oxygens (including phenoxy) is 2. The molecule has 2 aromatic carbocycles. The third kappa shape index (κ3) is 6.22. The number of amides is 2. The van der Waals surface area contributed by atoms with E-state index in [1.165, 1.54) is 7.11 Å². The Hall–Kier alpha value is -3.06. The van der Waals surface area contributed by atoms with Crippen molar-refractivity contribution in [3.63, 3.8) is 0 Å². The maximum Gasteiger partial charge on any atom is 0.233 e. The van der Waals surface area contributed by atoms with Crippen molar-refractivity contribution in [3.05, 3.63) is 54.1 Å². The largest absolute Gasteiger partial charge is 0.497 e. The fourth-order valence-electron chi connectivity index (χ4n) is 3.00. The van der Waals surface area contributed by atoms with Gasteiger partial charge in [-0.15, -0.1) is 0 Å². The van der Waals surface area contributed by atoms with Gasteiger partial charge in [0.05, 0.1) is 25.9 Å². The van der Waals surface area contributed by atoms with Crippen LogP contribution in [0.4, 0.5) is 5.69 Å². The minimum Gasteiger partial charge on any atom is -0.497 e. The molecule has 0 fully saturated rings. The first-order chi connectivity index (χ1) is 13.8. The van der Waals surface area contributed by atoms with E-state index in [1.807, 2.05) is 49.3 Å². The summed E-state index contributed by atoms with van der Waals surface area (Å²) < 4.78 is 10.4. The van der Waals surface area contributed by atoms with E-state index in [0.29, 0.717) is 23.7 Å². The minimum absolute atomic E-state index is 0.151. The number of methoxy groups -OCH3 is 2. The van der Waals surface area contributed by atoms with Gasteiger partial charge in [0.15, 0.2) is 0 Å². The number of anilines is 1. The van der Waals surface area contributed by atoms with Crippen LogP contribution in [0.1, 0.15) is 18.0 Å². The Morgan fingerprint density at radius 1 is 1.00 bits per heavy atom. The first-order valence-corrected chi connectivity index (χ1v) is 9.33. The van der Waals surface area contributed by atoms with E-state index in [-0.39, 0.29) is 18.4 Å². The zero-order valence-electron chi connectivity index (χ0n) is 17.6. The van der Waals surface area contributed by atoms with E-state index >= 15 is 0 Å². The molecule has 0 radical (unpaired) electrons. The molecule has 2 aromatic rings. The van der Waals surface area contributed by atoms with Crippen molar-refractivity contribution in [3.8, 4) is 11.5 Å². The number of benzene rings is 2. The van der Waals surface area contributed by atoms with E-state index < -0.39 is 5.91 Å². The summed E-state index contributed by atoms with van der Waals surface area (Å²) in [4.78, 5) is 28.9. The van der Waals surface area contributed by atoms with Crippen molar-refractivity contribution in [2.45, 2.75) is 12.5 Å². The van der Waals surface area contributed by atoms with E-state index in [2.05, 4.69) is 5.32 Å². The normalized spacial score (nSPS) is 11.7. The average Bonchev–Trinajstić information content (AvgIpc) is 2.72. The highest BCUT2D eigenvalue weighted by Crippen LogP contribution is 2.29. The van der Waals surface area contributed by atoms with Gasteiger partial charge in [-0.2, -0.15) is 0 Å². The quantitative estimate of drug-likeness (QED) is 0.657. The van der Waals surface area contributed by atoms with Crippen LogP contribution in [0, 0.1) is 0 Å². The van der Waals surface area contributed by atoms with Gasteiger partial charge in [0.1, 0.15) is 17.9 Å². The van der Waals surface area contributed by atoms with Crippen LogP contribution in [-0.4, -0.2) is 63.5 Å². The molecule has 2 amide bonds. The zero-order valence-corrected chi connectivity index (χ0v) is 17.6. The molecule has 29 heavy (non-hydrogen) atoms. The Morgan fingerprint density at radius 2 is 1.69 bits per heavy atom. The first-order valence-electron chi connectivity index (χ1n) is 9.33. The summed E-state index contributed by atoms with van der Waals surface area (Å²) in [5, 5.41) is 2.74. The van der Waals surface area contributed by atoms with Crippen LogP contribution in [-0.2, 0) is 9.59 Å². The van der Waals surface area contributed by atoms with Crippen molar-refractivity contribution in [2.75, 3.05) is 47.2 Å². The summed E-state index contributed by atoms with van der Waals surface area (Å²) in [5.74, 6) is 0.422. The Morgan fingerprint density at radius 3 is 2.28 bits per heavy atom. The first kappa shape index (κ1) is 22.2. The van der Waals surface area contributed by atoms with Gasteiger partial charge >= 0.3 is 0 Å². The Bertz CT molecular complexity index is 824. The van der Waals surface area contributed by atoms with Crippen molar-refractivity contribution in [1.82, 2.24) is 9.80 Å². The molecule has 1 N–H and O–H groups in total. The van der Waals surface area contributed by atoms with Gasteiger partial charge in [-0.05, 0) is 31.8 Å². The summed E-state index contributed by atoms with van der Waals surface area (Å²) >= 11 is 0. The van der Waals surface area contributed by atoms with Crippen LogP contribution in [0.25, 0.3) is 0 Å².